The number of unbranched alkanes of at least 4 members (excludes halogenated alkanes) is 6. The van der Waals surface area contributed by atoms with Crippen molar-refractivity contribution in [3.8, 4) is 0 Å². The number of aryl methyl sites for hydroxylation is 1. The Labute approximate surface area is 240 Å². The van der Waals surface area contributed by atoms with Gasteiger partial charge in [-0.1, -0.05) is 70.1 Å². The summed E-state index contributed by atoms with van der Waals surface area (Å²) in [5.41, 5.74) is -4.00. The number of carbonyl (C=O) groups excluding carboxylic acids is 1. The quantitative estimate of drug-likeness (QED) is 0.339. The van der Waals surface area contributed by atoms with Crippen molar-refractivity contribution in [2.24, 2.45) is 0 Å². The van der Waals surface area contributed by atoms with Gasteiger partial charge < -0.3 is 15.2 Å². The van der Waals surface area contributed by atoms with Gasteiger partial charge in [-0.05, 0) is 31.9 Å². The van der Waals surface area contributed by atoms with Crippen LogP contribution in [0.15, 0.2) is 38.8 Å². The minimum atomic E-state index is -4.09. The molecule has 0 bridgehead atoms. The molecule has 0 aliphatic carbocycles. The molecule has 41 heavy (non-hydrogen) atoms. The summed E-state index contributed by atoms with van der Waals surface area (Å²) < 4.78 is 37.7. The number of amides is 1. The van der Waals surface area contributed by atoms with Crippen LogP contribution in [0.5, 0.6) is 0 Å². The molecule has 4 rings (SSSR count). The second-order valence-electron chi connectivity index (χ2n) is 11.4. The molecular weight excluding hydrogens is 550 g/mol. The van der Waals surface area contributed by atoms with Crippen molar-refractivity contribution in [2.45, 2.75) is 108 Å². The highest BCUT2D eigenvalue weighted by Crippen LogP contribution is 2.42. The Hall–Kier alpha value is -2.90. The Bertz CT molecular complexity index is 1450. The third kappa shape index (κ3) is 6.17. The summed E-state index contributed by atoms with van der Waals surface area (Å²) in [5, 5.41) is 14.7. The summed E-state index contributed by atoms with van der Waals surface area (Å²) >= 11 is 0. The summed E-state index contributed by atoms with van der Waals surface area (Å²) in [6, 6.07) is 6.32. The Balaban J connectivity index is 1.66. The van der Waals surface area contributed by atoms with Crippen LogP contribution in [0.3, 0.4) is 0 Å². The first kappa shape index (κ1) is 31.0. The fourth-order valence-corrected chi connectivity index (χ4v) is 7.25. The summed E-state index contributed by atoms with van der Waals surface area (Å²) in [5.74, 6) is 0. The van der Waals surface area contributed by atoms with E-state index in [9.17, 15) is 27.9 Å². The van der Waals surface area contributed by atoms with Crippen LogP contribution in [0.25, 0.3) is 0 Å². The highest BCUT2D eigenvalue weighted by atomic mass is 32.2. The molecule has 3 heterocycles. The largest absolute Gasteiger partial charge is 0.436 e. The Morgan fingerprint density at radius 3 is 2.15 bits per heavy atom. The molecule has 2 atom stereocenters. The molecule has 1 aromatic heterocycles. The lowest BCUT2D eigenvalue weighted by molar-refractivity contribution is -0.158. The Morgan fingerprint density at radius 1 is 0.902 bits per heavy atom. The molecule has 2 aliphatic heterocycles. The number of aromatic nitrogens is 3. The Morgan fingerprint density at radius 2 is 1.51 bits per heavy atom. The predicted molar refractivity (Wildman–Crippen MR) is 153 cm³/mol. The van der Waals surface area contributed by atoms with E-state index in [0.717, 1.165) is 64.1 Å². The van der Waals surface area contributed by atoms with E-state index in [1.54, 1.807) is 12.1 Å². The number of aliphatic hydroxyl groups is 1. The normalized spacial score (nSPS) is 22.3. The average Bonchev–Trinajstić information content (AvgIpc) is 3.35. The fraction of sp³-hybridized carbons (Fsp3) is 0.679. The molecule has 0 unspecified atom stereocenters. The van der Waals surface area contributed by atoms with Crippen molar-refractivity contribution in [3.63, 3.8) is 0 Å². The molecule has 13 heteroatoms. The lowest BCUT2D eigenvalue weighted by atomic mass is 9.84. The number of hydrogen-bond donors (Lipinski definition) is 2. The maximum atomic E-state index is 13.6. The molecule has 0 radical (unpaired) electrons. The molecule has 1 aromatic carbocycles. The molecule has 228 valence electrons. The predicted octanol–water partition coefficient (Wildman–Crippen LogP) is 2.19. The van der Waals surface area contributed by atoms with Gasteiger partial charge in [0.2, 0.25) is 10.0 Å². The maximum Gasteiger partial charge on any atom is 0.407 e. The van der Waals surface area contributed by atoms with E-state index in [-0.39, 0.29) is 24.5 Å². The summed E-state index contributed by atoms with van der Waals surface area (Å²) in [6.07, 6.45) is 6.46. The summed E-state index contributed by atoms with van der Waals surface area (Å²) in [6.45, 7) is 5.06. The van der Waals surface area contributed by atoms with E-state index >= 15 is 0 Å². The van der Waals surface area contributed by atoms with Crippen molar-refractivity contribution in [3.05, 3.63) is 50.8 Å². The number of hydrogen-bond acceptors (Lipinski definition) is 7. The van der Waals surface area contributed by atoms with Gasteiger partial charge in [-0.3, -0.25) is 0 Å². The monoisotopic (exact) mass is 593 g/mol. The second-order valence-corrected chi connectivity index (χ2v) is 13.3. The molecule has 1 saturated heterocycles. The first-order valence-electron chi connectivity index (χ1n) is 14.6. The third-order valence-electron chi connectivity index (χ3n) is 8.21. The van der Waals surface area contributed by atoms with E-state index < -0.39 is 51.8 Å². The number of ether oxygens (including phenoxy) is 1. The van der Waals surface area contributed by atoms with Crippen molar-refractivity contribution in [1.82, 2.24) is 23.6 Å². The summed E-state index contributed by atoms with van der Waals surface area (Å²) in [7, 11) is -4.09. The molecule has 1 amide bonds. The second kappa shape index (κ2) is 12.5. The number of alkyl carbamates (subject to hydrolysis) is 1. The summed E-state index contributed by atoms with van der Waals surface area (Å²) in [4.78, 5) is 39.6. The highest BCUT2D eigenvalue weighted by Gasteiger charge is 2.65. The number of rotatable bonds is 13. The maximum absolute atomic E-state index is 13.6. The van der Waals surface area contributed by atoms with Crippen LogP contribution in [0.2, 0.25) is 0 Å². The number of nitrogens with one attached hydrogen (secondary N) is 1. The zero-order valence-corrected chi connectivity index (χ0v) is 25.1. The van der Waals surface area contributed by atoms with Gasteiger partial charge in [-0.2, -0.15) is 4.31 Å². The number of nitrogens with zero attached hydrogens (tertiary/aromatic N) is 4. The molecule has 12 nitrogen and oxygen atoms in total. The van der Waals surface area contributed by atoms with Gasteiger partial charge in [0.25, 0.3) is 0 Å². The van der Waals surface area contributed by atoms with Crippen LogP contribution in [0, 0.1) is 6.92 Å². The Kier molecular flexibility index (Phi) is 9.49. The van der Waals surface area contributed by atoms with E-state index in [2.05, 4.69) is 19.2 Å². The highest BCUT2D eigenvalue weighted by molar-refractivity contribution is 7.89. The molecule has 2 N–H and O–H groups in total. The van der Waals surface area contributed by atoms with Gasteiger partial charge in [0.05, 0.1) is 24.5 Å². The van der Waals surface area contributed by atoms with E-state index in [1.807, 2.05) is 6.92 Å². The van der Waals surface area contributed by atoms with Crippen LogP contribution in [-0.2, 0) is 34.4 Å². The first-order chi connectivity index (χ1) is 19.5. The minimum absolute atomic E-state index is 0.0343. The van der Waals surface area contributed by atoms with Gasteiger partial charge in [0.1, 0.15) is 5.60 Å². The van der Waals surface area contributed by atoms with Gasteiger partial charge in [0.15, 0.2) is 5.60 Å². The number of carbonyl (C=O) groups is 1. The SMILES string of the molecule is CCCCCCNC(=O)O[C@@]12CN(S(=O)(=O)c3ccc(C)cc3)C[C@]1(O)Cn1c(=O)n(CCCCCC)c(=O)n1C2. The number of sulfonamides is 1. The zero-order chi connectivity index (χ0) is 29.8. The van der Waals surface area contributed by atoms with Gasteiger partial charge in [-0.25, -0.2) is 36.7 Å². The van der Waals surface area contributed by atoms with Crippen molar-refractivity contribution in [1.29, 1.82) is 0 Å². The molecule has 1 fully saturated rings. The van der Waals surface area contributed by atoms with E-state index in [4.69, 9.17) is 4.74 Å². The van der Waals surface area contributed by atoms with Crippen LogP contribution in [-0.4, -0.2) is 68.7 Å². The van der Waals surface area contributed by atoms with Crippen molar-refractivity contribution < 1.29 is 23.1 Å². The van der Waals surface area contributed by atoms with Crippen molar-refractivity contribution >= 4 is 16.1 Å². The topological polar surface area (TPSA) is 145 Å². The van der Waals surface area contributed by atoms with E-state index in [1.165, 1.54) is 16.8 Å². The standard InChI is InChI=1S/C28H43N5O7S/c1-4-6-8-10-16-29-24(34)40-28-20-30(41(38,39)23-14-12-22(3)13-15-23)18-27(28,37)19-32-25(35)31(17-11-9-7-5-2)26(36)33(32)21-28/h12-15,37H,4-11,16-21H2,1-3H3,(H,29,34)/t27-,28+/m0/s1. The number of benzene rings is 1. The van der Waals surface area contributed by atoms with Crippen LogP contribution in [0.1, 0.15) is 70.8 Å². The van der Waals surface area contributed by atoms with Gasteiger partial charge >= 0.3 is 17.5 Å². The van der Waals surface area contributed by atoms with Gasteiger partial charge in [-0.15, -0.1) is 0 Å². The fourth-order valence-electron chi connectivity index (χ4n) is 5.71. The van der Waals surface area contributed by atoms with Crippen LogP contribution in [0.4, 0.5) is 4.79 Å². The van der Waals surface area contributed by atoms with Gasteiger partial charge in [0, 0.05) is 19.6 Å². The van der Waals surface area contributed by atoms with Crippen LogP contribution >= 0.6 is 0 Å². The number of fused-ring (bicyclic) bond motifs is 2. The van der Waals surface area contributed by atoms with Crippen LogP contribution < -0.4 is 16.7 Å². The zero-order valence-electron chi connectivity index (χ0n) is 24.3. The minimum Gasteiger partial charge on any atom is -0.436 e. The molecule has 0 spiro atoms. The molecule has 2 aromatic rings. The lowest BCUT2D eigenvalue weighted by Gasteiger charge is -2.43. The molecule has 2 aliphatic rings. The van der Waals surface area contributed by atoms with Crippen molar-refractivity contribution in [2.75, 3.05) is 19.6 Å². The first-order valence-corrected chi connectivity index (χ1v) is 16.1. The third-order valence-corrected chi connectivity index (χ3v) is 10.0. The number of β-amino-alcohol motifs (C(OH)–C–C–N with tert-alkyl or cyclic N) is 1. The molecular formula is C28H43N5O7S. The van der Waals surface area contributed by atoms with E-state index in [0.29, 0.717) is 13.0 Å². The molecule has 0 saturated carbocycles. The smallest absolute Gasteiger partial charge is 0.407 e. The lowest BCUT2D eigenvalue weighted by Crippen LogP contribution is -2.66. The average molecular weight is 594 g/mol.